The normalized spacial score (nSPS) is 12.3. The molecule has 2 rings (SSSR count). The zero-order valence-corrected chi connectivity index (χ0v) is 17.0. The Labute approximate surface area is 164 Å². The molecule has 28 heavy (non-hydrogen) atoms. The molecule has 0 saturated heterocycles. The minimum atomic E-state index is -4.13. The lowest BCUT2D eigenvalue weighted by atomic mass is 10.1. The van der Waals surface area contributed by atoms with Gasteiger partial charge in [0.05, 0.1) is 22.1 Å². The predicted molar refractivity (Wildman–Crippen MR) is 105 cm³/mol. The van der Waals surface area contributed by atoms with E-state index < -0.39 is 21.9 Å². The fourth-order valence-corrected chi connectivity index (χ4v) is 4.02. The molecule has 2 aromatic rings. The van der Waals surface area contributed by atoms with Crippen molar-refractivity contribution < 1.29 is 23.1 Å². The van der Waals surface area contributed by atoms with Crippen molar-refractivity contribution in [2.75, 3.05) is 4.72 Å². The summed E-state index contributed by atoms with van der Waals surface area (Å²) in [5.41, 5.74) is 0.978. The molecule has 7 nitrogen and oxygen atoms in total. The van der Waals surface area contributed by atoms with Crippen LogP contribution in [0.5, 0.6) is 0 Å². The predicted octanol–water partition coefficient (Wildman–Crippen LogP) is 2.00. The van der Waals surface area contributed by atoms with E-state index in [9.17, 15) is 23.1 Å². The van der Waals surface area contributed by atoms with Gasteiger partial charge in [-0.2, -0.15) is 0 Å². The van der Waals surface area contributed by atoms with Crippen LogP contribution in [0.4, 0.5) is 5.69 Å². The lowest BCUT2D eigenvalue weighted by Gasteiger charge is -2.17. The molecule has 150 valence electrons. The number of carboxylic acid groups (broad SMARTS) is 1. The lowest BCUT2D eigenvalue weighted by Crippen LogP contribution is -2.32. The summed E-state index contributed by atoms with van der Waals surface area (Å²) < 4.78 is 28.3. The number of aromatic carboxylic acids is 1. The molecule has 2 N–H and O–H groups in total. The summed E-state index contributed by atoms with van der Waals surface area (Å²) >= 11 is 0. The third kappa shape index (κ3) is 4.69. The lowest BCUT2D eigenvalue weighted by molar-refractivity contribution is -0.255. The van der Waals surface area contributed by atoms with Gasteiger partial charge in [-0.3, -0.25) is 9.52 Å². The minimum absolute atomic E-state index is 0.0678. The molecule has 0 fully saturated rings. The second kappa shape index (κ2) is 8.43. The van der Waals surface area contributed by atoms with E-state index in [4.69, 9.17) is 0 Å². The highest BCUT2D eigenvalue weighted by Gasteiger charge is 2.22. The van der Waals surface area contributed by atoms with Gasteiger partial charge >= 0.3 is 0 Å². The fraction of sp³-hybridized carbons (Fsp3) is 0.300. The third-order valence-corrected chi connectivity index (χ3v) is 6.04. The number of benzene rings is 2. The summed E-state index contributed by atoms with van der Waals surface area (Å²) in [7, 11) is -4.13. The van der Waals surface area contributed by atoms with Crippen molar-refractivity contribution in [3.8, 4) is 0 Å². The molecule has 0 aliphatic heterocycles. The highest BCUT2D eigenvalue weighted by Crippen LogP contribution is 2.25. The van der Waals surface area contributed by atoms with E-state index in [0.717, 1.165) is 12.5 Å². The van der Waals surface area contributed by atoms with Crippen molar-refractivity contribution in [2.24, 2.45) is 0 Å². The van der Waals surface area contributed by atoms with E-state index in [1.165, 1.54) is 18.2 Å². The van der Waals surface area contributed by atoms with Crippen molar-refractivity contribution in [1.82, 2.24) is 5.32 Å². The van der Waals surface area contributed by atoms with Gasteiger partial charge in [-0.1, -0.05) is 19.1 Å². The Bertz CT molecular complexity index is 1020. The average Bonchev–Trinajstić information content (AvgIpc) is 2.63. The number of hydrogen-bond donors (Lipinski definition) is 2. The van der Waals surface area contributed by atoms with E-state index in [1.807, 2.05) is 13.8 Å². The van der Waals surface area contributed by atoms with E-state index in [-0.39, 0.29) is 27.8 Å². The van der Waals surface area contributed by atoms with Gasteiger partial charge in [-0.05, 0) is 68.1 Å². The Hall–Kier alpha value is -2.87. The molecule has 0 aliphatic rings. The first-order chi connectivity index (χ1) is 13.1. The molecule has 8 heteroatoms. The molecular weight excluding hydrogens is 380 g/mol. The van der Waals surface area contributed by atoms with Gasteiger partial charge < -0.3 is 15.2 Å². The smallest absolute Gasteiger partial charge is 0.262 e. The largest absolute Gasteiger partial charge is 0.545 e. The molecule has 0 unspecified atom stereocenters. The van der Waals surface area contributed by atoms with Crippen LogP contribution in [0.2, 0.25) is 0 Å². The highest BCUT2D eigenvalue weighted by atomic mass is 32.2. The van der Waals surface area contributed by atoms with E-state index in [0.29, 0.717) is 11.1 Å². The van der Waals surface area contributed by atoms with E-state index in [2.05, 4.69) is 10.0 Å². The summed E-state index contributed by atoms with van der Waals surface area (Å²) in [6.07, 6.45) is 0.730. The first-order valence-corrected chi connectivity index (χ1v) is 10.3. The van der Waals surface area contributed by atoms with Crippen LogP contribution in [0, 0.1) is 13.8 Å². The summed E-state index contributed by atoms with van der Waals surface area (Å²) in [5, 5.41) is 14.0. The van der Waals surface area contributed by atoms with Crippen LogP contribution in [-0.2, 0) is 10.0 Å². The fourth-order valence-electron chi connectivity index (χ4n) is 2.60. The van der Waals surface area contributed by atoms with Gasteiger partial charge in [-0.15, -0.1) is 0 Å². The van der Waals surface area contributed by atoms with Gasteiger partial charge in [-0.25, -0.2) is 8.42 Å². The number of carbonyl (C=O) groups excluding carboxylic acids is 2. The van der Waals surface area contributed by atoms with Crippen molar-refractivity contribution in [1.29, 1.82) is 0 Å². The van der Waals surface area contributed by atoms with Gasteiger partial charge in [0, 0.05) is 6.04 Å². The summed E-state index contributed by atoms with van der Waals surface area (Å²) in [5.74, 6) is -1.86. The molecule has 1 amide bonds. The van der Waals surface area contributed by atoms with Crippen LogP contribution >= 0.6 is 0 Å². The summed E-state index contributed by atoms with van der Waals surface area (Å²) in [4.78, 5) is 23.5. The highest BCUT2D eigenvalue weighted by molar-refractivity contribution is 7.92. The van der Waals surface area contributed by atoms with E-state index >= 15 is 0 Å². The molecule has 0 saturated carbocycles. The van der Waals surface area contributed by atoms with E-state index in [1.54, 1.807) is 26.0 Å². The Kier molecular flexibility index (Phi) is 6.45. The number of carbonyl (C=O) groups is 2. The van der Waals surface area contributed by atoms with Crippen LogP contribution in [0.1, 0.15) is 52.1 Å². The van der Waals surface area contributed by atoms with Crippen LogP contribution < -0.4 is 15.1 Å². The second-order valence-corrected chi connectivity index (χ2v) is 8.29. The van der Waals surface area contributed by atoms with Crippen molar-refractivity contribution >= 4 is 27.6 Å². The van der Waals surface area contributed by atoms with Crippen molar-refractivity contribution in [3.63, 3.8) is 0 Å². The number of para-hydroxylation sites is 1. The van der Waals surface area contributed by atoms with Crippen molar-refractivity contribution in [3.05, 3.63) is 58.7 Å². The number of carboxylic acids is 1. The van der Waals surface area contributed by atoms with Crippen LogP contribution in [0.15, 0.2) is 41.3 Å². The number of anilines is 1. The molecule has 2 aromatic carbocycles. The van der Waals surface area contributed by atoms with Crippen LogP contribution in [0.25, 0.3) is 0 Å². The van der Waals surface area contributed by atoms with Crippen LogP contribution in [-0.4, -0.2) is 26.3 Å². The summed E-state index contributed by atoms with van der Waals surface area (Å²) in [6, 6.07) is 8.59. The van der Waals surface area contributed by atoms with Crippen molar-refractivity contribution in [2.45, 2.75) is 45.1 Å². The molecule has 0 radical (unpaired) electrons. The zero-order chi connectivity index (χ0) is 21.1. The quantitative estimate of drug-likeness (QED) is 0.734. The first-order valence-electron chi connectivity index (χ1n) is 8.82. The second-order valence-electron chi connectivity index (χ2n) is 6.64. The van der Waals surface area contributed by atoms with Gasteiger partial charge in [0.1, 0.15) is 0 Å². The van der Waals surface area contributed by atoms with Gasteiger partial charge in [0.15, 0.2) is 0 Å². The average molecular weight is 403 g/mol. The minimum Gasteiger partial charge on any atom is -0.545 e. The van der Waals surface area contributed by atoms with Crippen LogP contribution in [0.3, 0.4) is 0 Å². The number of rotatable bonds is 7. The maximum absolute atomic E-state index is 12.9. The molecule has 0 aromatic heterocycles. The molecule has 1 atom stereocenters. The monoisotopic (exact) mass is 403 g/mol. The number of sulfonamides is 1. The van der Waals surface area contributed by atoms with Gasteiger partial charge in [0.2, 0.25) is 0 Å². The first kappa shape index (κ1) is 21.4. The molecule has 0 bridgehead atoms. The summed E-state index contributed by atoms with van der Waals surface area (Å²) in [6.45, 7) is 6.98. The molecular formula is C20H23N2O5S-. The zero-order valence-electron chi connectivity index (χ0n) is 16.2. The SMILES string of the molecule is CC[C@@H](C)NC(=O)c1ccccc1NS(=O)(=O)c1cc(C(=O)[O-])cc(C)c1C. The topological polar surface area (TPSA) is 115 Å². The Morgan fingerprint density at radius 3 is 2.39 bits per heavy atom. The van der Waals surface area contributed by atoms with Gasteiger partial charge in [0.25, 0.3) is 15.9 Å². The Morgan fingerprint density at radius 2 is 1.79 bits per heavy atom. The standard InChI is InChI=1S/C20H24N2O5S/c1-5-13(3)21-19(23)16-8-6-7-9-17(16)22-28(26,27)18-11-15(20(24)25)10-12(2)14(18)4/h6-11,13,22H,5H2,1-4H3,(H,21,23)(H,24,25)/p-1/t13-/m1/s1. The maximum Gasteiger partial charge on any atom is 0.262 e. The molecule has 0 aliphatic carbocycles. The molecule has 0 heterocycles. The third-order valence-electron chi connectivity index (χ3n) is 4.55. The number of nitrogens with one attached hydrogen (secondary N) is 2. The number of amides is 1. The number of hydrogen-bond acceptors (Lipinski definition) is 5. The molecule has 0 spiro atoms. The Morgan fingerprint density at radius 1 is 1.14 bits per heavy atom. The number of aryl methyl sites for hydroxylation is 1. The Balaban J connectivity index is 2.47. The maximum atomic E-state index is 12.9.